The summed E-state index contributed by atoms with van der Waals surface area (Å²) in [5.74, 6) is 2.44. The number of likely N-dealkylation sites (tertiary alicyclic amines) is 1. The van der Waals surface area contributed by atoms with Gasteiger partial charge in [-0.2, -0.15) is 0 Å². The topological polar surface area (TPSA) is 39.7 Å². The van der Waals surface area contributed by atoms with E-state index in [0.717, 1.165) is 18.4 Å². The van der Waals surface area contributed by atoms with Crippen LogP contribution in [0, 0.1) is 11.8 Å². The fourth-order valence-electron chi connectivity index (χ4n) is 2.56. The molecular formula is C16H35IN4. The predicted molar refractivity (Wildman–Crippen MR) is 104 cm³/mol. The van der Waals surface area contributed by atoms with Crippen LogP contribution in [-0.2, 0) is 0 Å². The number of nitrogens with zero attached hydrogens (tertiary/aromatic N) is 2. The van der Waals surface area contributed by atoms with Gasteiger partial charge >= 0.3 is 0 Å². The molecule has 0 amide bonds. The van der Waals surface area contributed by atoms with Gasteiger partial charge in [0.15, 0.2) is 5.96 Å². The normalized spacial score (nSPS) is 19.2. The van der Waals surface area contributed by atoms with Crippen LogP contribution in [0.1, 0.15) is 47.0 Å². The van der Waals surface area contributed by atoms with E-state index in [2.05, 4.69) is 48.2 Å². The summed E-state index contributed by atoms with van der Waals surface area (Å²) in [7, 11) is 1.85. The zero-order valence-electron chi connectivity index (χ0n) is 14.5. The third-order valence-corrected chi connectivity index (χ3v) is 4.59. The maximum atomic E-state index is 4.30. The van der Waals surface area contributed by atoms with Crippen LogP contribution in [0.4, 0.5) is 0 Å². The monoisotopic (exact) mass is 410 g/mol. The summed E-state index contributed by atoms with van der Waals surface area (Å²) >= 11 is 0. The maximum absolute atomic E-state index is 4.30. The summed E-state index contributed by atoms with van der Waals surface area (Å²) in [5.41, 5.74) is 0. The minimum atomic E-state index is 0. The summed E-state index contributed by atoms with van der Waals surface area (Å²) in [5, 5.41) is 6.90. The smallest absolute Gasteiger partial charge is 0.191 e. The minimum absolute atomic E-state index is 0. The molecule has 1 rings (SSSR count). The van der Waals surface area contributed by atoms with Crippen molar-refractivity contribution in [3.63, 3.8) is 0 Å². The predicted octanol–water partition coefficient (Wildman–Crippen LogP) is 2.94. The molecule has 1 unspecified atom stereocenters. The molecule has 4 nitrogen and oxygen atoms in total. The molecule has 0 spiro atoms. The third kappa shape index (κ3) is 8.24. The first-order valence-corrected chi connectivity index (χ1v) is 8.26. The molecule has 21 heavy (non-hydrogen) atoms. The second-order valence-electron chi connectivity index (χ2n) is 6.34. The molecular weight excluding hydrogens is 375 g/mol. The summed E-state index contributed by atoms with van der Waals surface area (Å²) in [6, 6.07) is 0.453. The number of halogens is 1. The molecule has 0 aromatic heterocycles. The van der Waals surface area contributed by atoms with Gasteiger partial charge in [0, 0.05) is 19.6 Å². The Kier molecular flexibility index (Phi) is 11.5. The van der Waals surface area contributed by atoms with Crippen molar-refractivity contribution in [3.8, 4) is 0 Å². The fourth-order valence-corrected chi connectivity index (χ4v) is 2.56. The Labute approximate surface area is 148 Å². The van der Waals surface area contributed by atoms with Crippen molar-refractivity contribution in [2.75, 3.05) is 33.2 Å². The summed E-state index contributed by atoms with van der Waals surface area (Å²) in [6.07, 6.45) is 3.96. The lowest BCUT2D eigenvalue weighted by atomic mass is 9.93. The Morgan fingerprint density at radius 2 is 1.86 bits per heavy atom. The molecule has 2 N–H and O–H groups in total. The van der Waals surface area contributed by atoms with Crippen molar-refractivity contribution in [1.29, 1.82) is 0 Å². The van der Waals surface area contributed by atoms with E-state index < -0.39 is 0 Å². The molecule has 5 heteroatoms. The van der Waals surface area contributed by atoms with Crippen molar-refractivity contribution in [2.24, 2.45) is 16.8 Å². The summed E-state index contributed by atoms with van der Waals surface area (Å²) in [6.45, 7) is 13.7. The Morgan fingerprint density at radius 3 is 2.33 bits per heavy atom. The molecule has 1 fully saturated rings. The zero-order chi connectivity index (χ0) is 15.0. The molecule has 1 aliphatic heterocycles. The van der Waals surface area contributed by atoms with Crippen LogP contribution in [0.2, 0.25) is 0 Å². The molecule has 1 atom stereocenters. The van der Waals surface area contributed by atoms with Gasteiger partial charge in [-0.15, -0.1) is 24.0 Å². The summed E-state index contributed by atoms with van der Waals surface area (Å²) < 4.78 is 0. The van der Waals surface area contributed by atoms with Crippen molar-refractivity contribution in [2.45, 2.75) is 53.0 Å². The van der Waals surface area contributed by atoms with E-state index in [9.17, 15) is 0 Å². The molecule has 0 bridgehead atoms. The van der Waals surface area contributed by atoms with E-state index >= 15 is 0 Å². The average Bonchev–Trinajstić information content (AvgIpc) is 2.46. The molecule has 0 aliphatic carbocycles. The van der Waals surface area contributed by atoms with E-state index in [1.54, 1.807) is 0 Å². The van der Waals surface area contributed by atoms with Crippen LogP contribution in [0.15, 0.2) is 4.99 Å². The lowest BCUT2D eigenvalue weighted by Crippen LogP contribution is -2.45. The van der Waals surface area contributed by atoms with Crippen LogP contribution in [0.25, 0.3) is 0 Å². The Bertz CT molecular complexity index is 286. The van der Waals surface area contributed by atoms with Crippen LogP contribution < -0.4 is 10.6 Å². The first-order valence-electron chi connectivity index (χ1n) is 8.26. The van der Waals surface area contributed by atoms with Gasteiger partial charge in [0.1, 0.15) is 0 Å². The van der Waals surface area contributed by atoms with Gasteiger partial charge in [0.2, 0.25) is 0 Å². The standard InChI is InChI=1S/C16H34N4.HI/c1-6-20-11-8-15(9-12-20)7-10-18-16(17-5)19-14(4)13(2)3;/h13-15H,6-12H2,1-5H3,(H2,17,18,19);1H. The maximum Gasteiger partial charge on any atom is 0.191 e. The fraction of sp³-hybridized carbons (Fsp3) is 0.938. The largest absolute Gasteiger partial charge is 0.356 e. The number of piperidine rings is 1. The van der Waals surface area contributed by atoms with Crippen molar-refractivity contribution in [3.05, 3.63) is 0 Å². The van der Waals surface area contributed by atoms with Crippen LogP contribution in [-0.4, -0.2) is 50.1 Å². The van der Waals surface area contributed by atoms with Gasteiger partial charge in [-0.25, -0.2) is 0 Å². The van der Waals surface area contributed by atoms with E-state index in [1.165, 1.54) is 38.9 Å². The number of nitrogens with one attached hydrogen (secondary N) is 2. The SMILES string of the molecule is CCN1CCC(CCNC(=NC)NC(C)C(C)C)CC1.I. The van der Waals surface area contributed by atoms with Crippen molar-refractivity contribution < 1.29 is 0 Å². The Balaban J connectivity index is 0.00000400. The summed E-state index contributed by atoms with van der Waals surface area (Å²) in [4.78, 5) is 6.85. The molecule has 0 radical (unpaired) electrons. The second-order valence-corrected chi connectivity index (χ2v) is 6.34. The molecule has 1 saturated heterocycles. The van der Waals surface area contributed by atoms with E-state index in [-0.39, 0.29) is 24.0 Å². The number of rotatable bonds is 6. The highest BCUT2D eigenvalue weighted by Gasteiger charge is 2.17. The van der Waals surface area contributed by atoms with E-state index in [0.29, 0.717) is 12.0 Å². The van der Waals surface area contributed by atoms with Crippen molar-refractivity contribution >= 4 is 29.9 Å². The van der Waals surface area contributed by atoms with Crippen LogP contribution in [0.3, 0.4) is 0 Å². The molecule has 1 aliphatic rings. The number of hydrogen-bond acceptors (Lipinski definition) is 2. The third-order valence-electron chi connectivity index (χ3n) is 4.59. The quantitative estimate of drug-likeness (QED) is 0.402. The van der Waals surface area contributed by atoms with Crippen LogP contribution in [0.5, 0.6) is 0 Å². The Hall–Kier alpha value is -0.0400. The van der Waals surface area contributed by atoms with Gasteiger partial charge in [0.25, 0.3) is 0 Å². The lowest BCUT2D eigenvalue weighted by Gasteiger charge is -2.31. The average molecular weight is 410 g/mol. The van der Waals surface area contributed by atoms with E-state index in [1.807, 2.05) is 7.05 Å². The molecule has 126 valence electrons. The molecule has 1 heterocycles. The zero-order valence-corrected chi connectivity index (χ0v) is 16.8. The van der Waals surface area contributed by atoms with Gasteiger partial charge in [-0.1, -0.05) is 20.8 Å². The first kappa shape index (κ1) is 21.0. The molecule has 0 aromatic carbocycles. The van der Waals surface area contributed by atoms with Crippen LogP contribution >= 0.6 is 24.0 Å². The van der Waals surface area contributed by atoms with Gasteiger partial charge in [-0.3, -0.25) is 4.99 Å². The highest BCUT2D eigenvalue weighted by Crippen LogP contribution is 2.19. The van der Waals surface area contributed by atoms with Gasteiger partial charge in [-0.05, 0) is 57.7 Å². The van der Waals surface area contributed by atoms with Crippen molar-refractivity contribution in [1.82, 2.24) is 15.5 Å². The molecule has 0 saturated carbocycles. The number of guanidine groups is 1. The second kappa shape index (κ2) is 11.5. The number of aliphatic imine (C=N–C) groups is 1. The molecule has 0 aromatic rings. The van der Waals surface area contributed by atoms with Gasteiger partial charge in [0.05, 0.1) is 0 Å². The van der Waals surface area contributed by atoms with E-state index in [4.69, 9.17) is 0 Å². The highest BCUT2D eigenvalue weighted by molar-refractivity contribution is 14.0. The first-order chi connectivity index (χ1) is 9.56. The minimum Gasteiger partial charge on any atom is -0.356 e. The lowest BCUT2D eigenvalue weighted by molar-refractivity contribution is 0.187. The number of hydrogen-bond donors (Lipinski definition) is 2. The van der Waals surface area contributed by atoms with Gasteiger partial charge < -0.3 is 15.5 Å². The Morgan fingerprint density at radius 1 is 1.24 bits per heavy atom. The highest BCUT2D eigenvalue weighted by atomic mass is 127.